The second-order valence-electron chi connectivity index (χ2n) is 14.2. The van der Waals surface area contributed by atoms with Crippen LogP contribution in [0.5, 0.6) is 0 Å². The summed E-state index contributed by atoms with van der Waals surface area (Å²) in [5.41, 5.74) is 1.22. The summed E-state index contributed by atoms with van der Waals surface area (Å²) in [6.45, 7) is 6.91. The zero-order valence-corrected chi connectivity index (χ0v) is 24.6. The van der Waals surface area contributed by atoms with E-state index in [4.69, 9.17) is 9.72 Å². The van der Waals surface area contributed by atoms with Gasteiger partial charge in [0.2, 0.25) is 5.91 Å². The quantitative estimate of drug-likeness (QED) is 0.513. The molecule has 0 aromatic carbocycles. The Hall–Kier alpha value is -2.00. The Balaban J connectivity index is 1.10. The lowest BCUT2D eigenvalue weighted by Gasteiger charge is -2.56. The highest BCUT2D eigenvalue weighted by atomic mass is 32.1. The van der Waals surface area contributed by atoms with Crippen molar-refractivity contribution in [1.29, 1.82) is 0 Å². The second-order valence-corrected chi connectivity index (χ2v) is 15.0. The van der Waals surface area contributed by atoms with E-state index in [1.807, 2.05) is 4.90 Å². The highest BCUT2D eigenvalue weighted by Gasteiger charge is 2.53. The Morgan fingerprint density at radius 1 is 1.05 bits per heavy atom. The molecule has 1 saturated heterocycles. The van der Waals surface area contributed by atoms with Gasteiger partial charge in [0.1, 0.15) is 6.04 Å². The van der Waals surface area contributed by atoms with Crippen molar-refractivity contribution in [3.05, 3.63) is 16.1 Å². The Morgan fingerprint density at radius 3 is 2.33 bits per heavy atom. The van der Waals surface area contributed by atoms with E-state index in [1.165, 1.54) is 57.0 Å². The second kappa shape index (κ2) is 10.1. The first-order valence-corrected chi connectivity index (χ1v) is 15.8. The summed E-state index contributed by atoms with van der Waals surface area (Å²) < 4.78 is 5.15. The molecule has 214 valence electrons. The summed E-state index contributed by atoms with van der Waals surface area (Å²) in [7, 11) is 1.42. The van der Waals surface area contributed by atoms with E-state index in [9.17, 15) is 14.4 Å². The number of thiazole rings is 1. The van der Waals surface area contributed by atoms with Crippen LogP contribution in [0, 0.1) is 23.7 Å². The van der Waals surface area contributed by atoms with E-state index in [0.29, 0.717) is 24.4 Å². The molecule has 6 fully saturated rings. The maximum absolute atomic E-state index is 13.5. The molecule has 9 heteroatoms. The van der Waals surface area contributed by atoms with E-state index in [0.717, 1.165) is 36.3 Å². The first-order valence-electron chi connectivity index (χ1n) is 15.0. The molecule has 4 atom stereocenters. The van der Waals surface area contributed by atoms with Gasteiger partial charge in [-0.2, -0.15) is 0 Å². The topological polar surface area (TPSA) is 101 Å². The minimum absolute atomic E-state index is 0.0532. The van der Waals surface area contributed by atoms with E-state index in [-0.39, 0.29) is 46.7 Å². The summed E-state index contributed by atoms with van der Waals surface area (Å²) in [6, 6.07) is -0.577. The van der Waals surface area contributed by atoms with Gasteiger partial charge in [-0.3, -0.25) is 14.4 Å². The Morgan fingerprint density at radius 2 is 1.72 bits per heavy atom. The number of nitrogens with zero attached hydrogens (tertiary/aromatic N) is 2. The standard InChI is InChI=1S/C30H44N4O4S/c1-29(2,3)33-20-5-6-23(21(12-20)28(37)38-4)34-8-7-22(27(34)36)31-25(35)26-32-24(16-39-26)30-13-17-9-18(14-30)11-19(10-17)15-30/h16-23,33H,5-15H2,1-4H3,(H,31,35)/t17?,18?,19?,20-,21-,22?,23+,30?/m1/s1. The average Bonchev–Trinajstić information content (AvgIpc) is 3.50. The van der Waals surface area contributed by atoms with Gasteiger partial charge >= 0.3 is 5.97 Å². The van der Waals surface area contributed by atoms with Crippen LogP contribution in [0.3, 0.4) is 0 Å². The van der Waals surface area contributed by atoms with Gasteiger partial charge in [0, 0.05) is 35.0 Å². The van der Waals surface area contributed by atoms with Crippen molar-refractivity contribution in [1.82, 2.24) is 20.5 Å². The molecule has 7 rings (SSSR count). The van der Waals surface area contributed by atoms with Crippen molar-refractivity contribution in [2.75, 3.05) is 13.7 Å². The van der Waals surface area contributed by atoms with Gasteiger partial charge in [-0.05, 0) is 103 Å². The number of esters is 1. The highest BCUT2D eigenvalue weighted by Crippen LogP contribution is 2.60. The lowest BCUT2D eigenvalue weighted by molar-refractivity contribution is -0.151. The lowest BCUT2D eigenvalue weighted by atomic mass is 9.49. The van der Waals surface area contributed by atoms with Gasteiger partial charge in [-0.15, -0.1) is 11.3 Å². The van der Waals surface area contributed by atoms with Gasteiger partial charge < -0.3 is 20.3 Å². The van der Waals surface area contributed by atoms with Crippen molar-refractivity contribution in [3.8, 4) is 0 Å². The molecule has 1 aromatic heterocycles. The molecule has 1 unspecified atom stereocenters. The third-order valence-electron chi connectivity index (χ3n) is 10.2. The molecule has 6 aliphatic rings. The number of rotatable bonds is 6. The van der Waals surface area contributed by atoms with E-state index in [1.54, 1.807) is 0 Å². The van der Waals surface area contributed by atoms with Crippen LogP contribution < -0.4 is 10.6 Å². The number of methoxy groups -OCH3 is 1. The number of hydrogen-bond acceptors (Lipinski definition) is 7. The first kappa shape index (κ1) is 27.2. The Labute approximate surface area is 236 Å². The molecule has 39 heavy (non-hydrogen) atoms. The van der Waals surface area contributed by atoms with Gasteiger partial charge in [-0.25, -0.2) is 4.98 Å². The summed E-state index contributed by atoms with van der Waals surface area (Å²) in [5, 5.41) is 9.17. The van der Waals surface area contributed by atoms with Crippen LogP contribution in [0.25, 0.3) is 0 Å². The van der Waals surface area contributed by atoms with Crippen molar-refractivity contribution in [3.63, 3.8) is 0 Å². The van der Waals surface area contributed by atoms with Gasteiger partial charge in [0.15, 0.2) is 5.01 Å². The minimum atomic E-state index is -0.576. The number of amides is 2. The molecule has 8 nitrogen and oxygen atoms in total. The predicted octanol–water partition coefficient (Wildman–Crippen LogP) is 4.04. The highest BCUT2D eigenvalue weighted by molar-refractivity contribution is 7.11. The summed E-state index contributed by atoms with van der Waals surface area (Å²) >= 11 is 1.42. The van der Waals surface area contributed by atoms with Crippen LogP contribution >= 0.6 is 11.3 Å². The molecular weight excluding hydrogens is 512 g/mol. The fraction of sp³-hybridized carbons (Fsp3) is 0.800. The van der Waals surface area contributed by atoms with Crippen LogP contribution in [0.15, 0.2) is 5.38 Å². The maximum Gasteiger partial charge on any atom is 0.310 e. The van der Waals surface area contributed by atoms with Gasteiger partial charge in [0.25, 0.3) is 5.91 Å². The number of hydrogen-bond donors (Lipinski definition) is 2. The first-order chi connectivity index (χ1) is 18.5. The molecule has 0 radical (unpaired) electrons. The molecule has 5 aliphatic carbocycles. The predicted molar refractivity (Wildman–Crippen MR) is 149 cm³/mol. The number of aromatic nitrogens is 1. The fourth-order valence-electron chi connectivity index (χ4n) is 9.11. The monoisotopic (exact) mass is 556 g/mol. The maximum atomic E-state index is 13.5. The van der Waals surface area contributed by atoms with Crippen molar-refractivity contribution >= 4 is 29.1 Å². The van der Waals surface area contributed by atoms with Crippen LogP contribution in [0.1, 0.15) is 100 Å². The summed E-state index contributed by atoms with van der Waals surface area (Å²) in [6.07, 6.45) is 10.6. The Bertz CT molecular complexity index is 1090. The van der Waals surface area contributed by atoms with Gasteiger partial charge in [-0.1, -0.05) is 0 Å². The van der Waals surface area contributed by atoms with Crippen molar-refractivity contribution in [2.45, 2.75) is 114 Å². The largest absolute Gasteiger partial charge is 0.469 e. The van der Waals surface area contributed by atoms with Gasteiger partial charge in [0.05, 0.1) is 18.7 Å². The third kappa shape index (κ3) is 5.25. The minimum Gasteiger partial charge on any atom is -0.469 e. The fourth-order valence-corrected chi connectivity index (χ4v) is 9.95. The smallest absolute Gasteiger partial charge is 0.310 e. The van der Waals surface area contributed by atoms with Crippen LogP contribution in [0.2, 0.25) is 0 Å². The molecule has 0 spiro atoms. The third-order valence-corrected chi connectivity index (χ3v) is 11.0. The molecule has 4 bridgehead atoms. The normalized spacial score (nSPS) is 37.8. The Kier molecular flexibility index (Phi) is 7.06. The molecule has 1 aromatic rings. The molecule has 2 heterocycles. The van der Waals surface area contributed by atoms with E-state index in [2.05, 4.69) is 36.8 Å². The SMILES string of the molecule is COC(=O)[C@@H]1C[C@H](NC(C)(C)C)CC[C@@H]1N1CCC(NC(=O)c2nc(C34CC5CC(CC(C5)C3)C4)cs2)C1=O. The van der Waals surface area contributed by atoms with Crippen molar-refractivity contribution in [2.24, 2.45) is 23.7 Å². The summed E-state index contributed by atoms with van der Waals surface area (Å²) in [4.78, 5) is 46.2. The number of ether oxygens (including phenoxy) is 1. The molecule has 2 amide bonds. The van der Waals surface area contributed by atoms with Crippen LogP contribution in [-0.4, -0.2) is 65.0 Å². The number of carbonyl (C=O) groups excluding carboxylic acids is 3. The molecular formula is C30H44N4O4S. The van der Waals surface area contributed by atoms with Crippen LogP contribution in [-0.2, 0) is 19.7 Å². The average molecular weight is 557 g/mol. The lowest BCUT2D eigenvalue weighted by Crippen LogP contribution is -2.55. The molecule has 2 N–H and O–H groups in total. The zero-order valence-electron chi connectivity index (χ0n) is 23.8. The van der Waals surface area contributed by atoms with E-state index >= 15 is 0 Å². The number of carbonyl (C=O) groups is 3. The number of nitrogens with one attached hydrogen (secondary N) is 2. The van der Waals surface area contributed by atoms with E-state index < -0.39 is 6.04 Å². The van der Waals surface area contributed by atoms with Crippen LogP contribution in [0.4, 0.5) is 0 Å². The molecule has 1 aliphatic heterocycles. The summed E-state index contributed by atoms with van der Waals surface area (Å²) in [5.74, 6) is 1.49. The zero-order chi connectivity index (χ0) is 27.5. The molecule has 5 saturated carbocycles. The van der Waals surface area contributed by atoms with Crippen molar-refractivity contribution < 1.29 is 19.1 Å². The number of likely N-dealkylation sites (tertiary alicyclic amines) is 1.